The summed E-state index contributed by atoms with van der Waals surface area (Å²) in [6, 6.07) is -0.0962. The van der Waals surface area contributed by atoms with Crippen molar-refractivity contribution in [3.63, 3.8) is 0 Å². The summed E-state index contributed by atoms with van der Waals surface area (Å²) in [6.45, 7) is 1.82. The van der Waals surface area contributed by atoms with Crippen molar-refractivity contribution in [3.8, 4) is 0 Å². The first-order chi connectivity index (χ1) is 6.68. The fourth-order valence-corrected chi connectivity index (χ4v) is 1.87. The largest absolute Gasteiger partial charge is 0.465 e. The lowest BCUT2D eigenvalue weighted by Gasteiger charge is -2.42. The molecule has 14 heavy (non-hydrogen) atoms. The highest BCUT2D eigenvalue weighted by molar-refractivity contribution is 5.79. The maximum Gasteiger partial charge on any atom is 0.407 e. The SMILES string of the molecule is O=C(O)N1CCN2C(=O)COC[C@H]2C1. The van der Waals surface area contributed by atoms with Crippen LogP contribution in [0.15, 0.2) is 0 Å². The van der Waals surface area contributed by atoms with Gasteiger partial charge in [-0.15, -0.1) is 0 Å². The first kappa shape index (κ1) is 9.26. The Kier molecular flexibility index (Phi) is 2.28. The number of ether oxygens (including phenoxy) is 1. The van der Waals surface area contributed by atoms with Gasteiger partial charge in [0, 0.05) is 19.6 Å². The predicted molar refractivity (Wildman–Crippen MR) is 45.9 cm³/mol. The van der Waals surface area contributed by atoms with Crippen LogP contribution in [-0.4, -0.2) is 65.8 Å². The number of hydrogen-bond acceptors (Lipinski definition) is 3. The highest BCUT2D eigenvalue weighted by atomic mass is 16.5. The lowest BCUT2D eigenvalue weighted by molar-refractivity contribution is -0.151. The third kappa shape index (κ3) is 1.52. The van der Waals surface area contributed by atoms with Gasteiger partial charge in [-0.3, -0.25) is 4.79 Å². The number of carboxylic acid groups (broad SMARTS) is 1. The van der Waals surface area contributed by atoms with Crippen LogP contribution in [0.25, 0.3) is 0 Å². The molecule has 6 nitrogen and oxygen atoms in total. The molecular weight excluding hydrogens is 188 g/mol. The Morgan fingerprint density at radius 1 is 1.50 bits per heavy atom. The number of carbonyl (C=O) groups excluding carboxylic acids is 1. The minimum absolute atomic E-state index is 0.0358. The van der Waals surface area contributed by atoms with Gasteiger partial charge in [-0.1, -0.05) is 0 Å². The van der Waals surface area contributed by atoms with Crippen LogP contribution in [0, 0.1) is 0 Å². The summed E-state index contributed by atoms with van der Waals surface area (Å²) in [6.07, 6.45) is -0.928. The van der Waals surface area contributed by atoms with Crippen LogP contribution in [0.4, 0.5) is 4.79 Å². The summed E-state index contributed by atoms with van der Waals surface area (Å²) in [5, 5.41) is 8.78. The first-order valence-corrected chi connectivity index (χ1v) is 4.53. The zero-order valence-electron chi connectivity index (χ0n) is 7.68. The number of hydrogen-bond donors (Lipinski definition) is 1. The Labute approximate surface area is 81.0 Å². The summed E-state index contributed by atoms with van der Waals surface area (Å²) in [5.41, 5.74) is 0. The van der Waals surface area contributed by atoms with E-state index in [0.717, 1.165) is 0 Å². The van der Waals surface area contributed by atoms with Gasteiger partial charge in [-0.2, -0.15) is 0 Å². The van der Waals surface area contributed by atoms with E-state index < -0.39 is 6.09 Å². The normalized spacial score (nSPS) is 27.4. The van der Waals surface area contributed by atoms with Crippen molar-refractivity contribution in [3.05, 3.63) is 0 Å². The molecule has 2 amide bonds. The molecule has 78 valence electrons. The second-order valence-electron chi connectivity index (χ2n) is 3.48. The molecular formula is C8H12N2O4. The van der Waals surface area contributed by atoms with Gasteiger partial charge >= 0.3 is 6.09 Å². The van der Waals surface area contributed by atoms with E-state index in [1.807, 2.05) is 0 Å². The molecule has 0 aromatic heterocycles. The molecule has 0 radical (unpaired) electrons. The molecule has 0 saturated carbocycles. The second-order valence-corrected chi connectivity index (χ2v) is 3.48. The molecule has 2 aliphatic heterocycles. The van der Waals surface area contributed by atoms with Gasteiger partial charge in [0.1, 0.15) is 6.61 Å². The minimum Gasteiger partial charge on any atom is -0.465 e. The van der Waals surface area contributed by atoms with E-state index in [-0.39, 0.29) is 18.6 Å². The summed E-state index contributed by atoms with van der Waals surface area (Å²) < 4.78 is 5.07. The Morgan fingerprint density at radius 3 is 3.00 bits per heavy atom. The third-order valence-corrected chi connectivity index (χ3v) is 2.61. The number of rotatable bonds is 0. The molecule has 2 saturated heterocycles. The van der Waals surface area contributed by atoms with Crippen LogP contribution >= 0.6 is 0 Å². The minimum atomic E-state index is -0.928. The van der Waals surface area contributed by atoms with Crippen molar-refractivity contribution in [1.29, 1.82) is 0 Å². The first-order valence-electron chi connectivity index (χ1n) is 4.53. The molecule has 0 aromatic carbocycles. The molecule has 2 rings (SSSR count). The van der Waals surface area contributed by atoms with Crippen LogP contribution in [0.5, 0.6) is 0 Å². The molecule has 0 aliphatic carbocycles. The van der Waals surface area contributed by atoms with E-state index >= 15 is 0 Å². The Hall–Kier alpha value is -1.30. The van der Waals surface area contributed by atoms with Crippen molar-refractivity contribution >= 4 is 12.0 Å². The van der Waals surface area contributed by atoms with Crippen LogP contribution < -0.4 is 0 Å². The van der Waals surface area contributed by atoms with Crippen LogP contribution in [0.2, 0.25) is 0 Å². The Bertz CT molecular complexity index is 268. The van der Waals surface area contributed by atoms with Gasteiger partial charge < -0.3 is 19.6 Å². The van der Waals surface area contributed by atoms with Gasteiger partial charge in [0.2, 0.25) is 5.91 Å². The molecule has 2 aliphatic rings. The Morgan fingerprint density at radius 2 is 2.29 bits per heavy atom. The van der Waals surface area contributed by atoms with Gasteiger partial charge in [0.25, 0.3) is 0 Å². The van der Waals surface area contributed by atoms with Crippen molar-refractivity contribution in [2.45, 2.75) is 6.04 Å². The number of nitrogens with zero attached hydrogens (tertiary/aromatic N) is 2. The van der Waals surface area contributed by atoms with E-state index in [1.165, 1.54) is 4.90 Å². The molecule has 6 heteroatoms. The number of amides is 2. The van der Waals surface area contributed by atoms with E-state index in [2.05, 4.69) is 0 Å². The van der Waals surface area contributed by atoms with E-state index in [4.69, 9.17) is 9.84 Å². The summed E-state index contributed by atoms with van der Waals surface area (Å²) in [4.78, 5) is 25.1. The summed E-state index contributed by atoms with van der Waals surface area (Å²) in [5.74, 6) is -0.0358. The monoisotopic (exact) mass is 200 g/mol. The zero-order chi connectivity index (χ0) is 10.1. The van der Waals surface area contributed by atoms with Crippen LogP contribution in [-0.2, 0) is 9.53 Å². The third-order valence-electron chi connectivity index (χ3n) is 2.61. The van der Waals surface area contributed by atoms with E-state index in [0.29, 0.717) is 26.2 Å². The standard InChI is InChI=1S/C8H12N2O4/c11-7-5-14-4-6-3-9(8(12)13)1-2-10(6)7/h6H,1-5H2,(H,12,13)/t6-/m1/s1. The maximum atomic E-state index is 11.3. The highest BCUT2D eigenvalue weighted by Crippen LogP contribution is 2.14. The van der Waals surface area contributed by atoms with E-state index in [1.54, 1.807) is 4.90 Å². The van der Waals surface area contributed by atoms with Gasteiger partial charge in [0.05, 0.1) is 12.6 Å². The number of fused-ring (bicyclic) bond motifs is 1. The topological polar surface area (TPSA) is 70.1 Å². The number of piperazine rings is 1. The number of morpholine rings is 1. The summed E-state index contributed by atoms with van der Waals surface area (Å²) >= 11 is 0. The fourth-order valence-electron chi connectivity index (χ4n) is 1.87. The summed E-state index contributed by atoms with van der Waals surface area (Å²) in [7, 11) is 0. The average Bonchev–Trinajstić information content (AvgIpc) is 2.17. The molecule has 2 fully saturated rings. The smallest absolute Gasteiger partial charge is 0.407 e. The van der Waals surface area contributed by atoms with Crippen molar-refractivity contribution < 1.29 is 19.4 Å². The molecule has 1 atom stereocenters. The van der Waals surface area contributed by atoms with Gasteiger partial charge in [-0.05, 0) is 0 Å². The van der Waals surface area contributed by atoms with Crippen LogP contribution in [0.1, 0.15) is 0 Å². The lowest BCUT2D eigenvalue weighted by atomic mass is 10.1. The molecule has 1 N–H and O–H groups in total. The zero-order valence-corrected chi connectivity index (χ0v) is 7.68. The van der Waals surface area contributed by atoms with E-state index in [9.17, 15) is 9.59 Å². The Balaban J connectivity index is 2.03. The average molecular weight is 200 g/mol. The maximum absolute atomic E-state index is 11.3. The van der Waals surface area contributed by atoms with Crippen LogP contribution in [0.3, 0.4) is 0 Å². The van der Waals surface area contributed by atoms with Gasteiger partial charge in [-0.25, -0.2) is 4.79 Å². The van der Waals surface area contributed by atoms with Crippen molar-refractivity contribution in [2.75, 3.05) is 32.8 Å². The molecule has 0 aromatic rings. The van der Waals surface area contributed by atoms with Crippen molar-refractivity contribution in [1.82, 2.24) is 9.80 Å². The molecule has 0 bridgehead atoms. The molecule has 2 heterocycles. The quantitative estimate of drug-likeness (QED) is 0.556. The molecule has 0 unspecified atom stereocenters. The number of carbonyl (C=O) groups is 2. The van der Waals surface area contributed by atoms with Crippen molar-refractivity contribution in [2.24, 2.45) is 0 Å². The predicted octanol–water partition coefficient (Wildman–Crippen LogP) is -0.793. The lowest BCUT2D eigenvalue weighted by Crippen LogP contribution is -2.61. The molecule has 0 spiro atoms. The van der Waals surface area contributed by atoms with Gasteiger partial charge in [0.15, 0.2) is 0 Å². The fraction of sp³-hybridized carbons (Fsp3) is 0.750. The highest BCUT2D eigenvalue weighted by Gasteiger charge is 2.35. The second kappa shape index (κ2) is 3.45.